The first kappa shape index (κ1) is 96.5. The molecule has 0 aromatic rings. The van der Waals surface area contributed by atoms with E-state index in [0.717, 1.165) is 27.7 Å². The normalized spacial score (nSPS) is 47.9. The molecular formula is C65H108N4O48. The minimum Gasteiger partial charge on any atom is -0.477 e. The molecule has 676 valence electrons. The number of rotatable bonds is 31. The molecule has 9 saturated heterocycles. The zero-order chi connectivity index (χ0) is 86.6. The van der Waals surface area contributed by atoms with Crippen LogP contribution in [0.1, 0.15) is 41.0 Å². The topological polar surface area (TPSA) is 816 Å². The number of aliphatic carboxylic acids is 1. The van der Waals surface area contributed by atoms with Crippen molar-refractivity contribution in [3.05, 3.63) is 0 Å². The number of carbonyl (C=O) groups excluding carboxylic acids is 4. The fourth-order valence-corrected chi connectivity index (χ4v) is 15.0. The average Bonchev–Trinajstić information content (AvgIpc) is 0.756. The van der Waals surface area contributed by atoms with E-state index in [0.29, 0.717) is 0 Å². The summed E-state index contributed by atoms with van der Waals surface area (Å²) in [6, 6.07) is -7.54. The van der Waals surface area contributed by atoms with Crippen LogP contribution in [0.3, 0.4) is 0 Å². The van der Waals surface area contributed by atoms with Crippen LogP contribution in [0.2, 0.25) is 0 Å². The van der Waals surface area contributed by atoms with Crippen molar-refractivity contribution in [2.24, 2.45) is 0 Å². The Morgan fingerprint density at radius 3 is 1.24 bits per heavy atom. The second kappa shape index (κ2) is 41.4. The highest BCUT2D eigenvalue weighted by Crippen LogP contribution is 2.42. The summed E-state index contributed by atoms with van der Waals surface area (Å²) in [5.74, 6) is -9.15. The van der Waals surface area contributed by atoms with Crippen molar-refractivity contribution in [1.82, 2.24) is 21.3 Å². The van der Waals surface area contributed by atoms with Crippen LogP contribution in [0.15, 0.2) is 0 Å². The molecule has 9 aliphatic rings. The van der Waals surface area contributed by atoms with Gasteiger partial charge in [-0.05, 0) is 6.92 Å². The van der Waals surface area contributed by atoms with Crippen LogP contribution in [0.25, 0.3) is 0 Å². The van der Waals surface area contributed by atoms with Gasteiger partial charge in [0.15, 0.2) is 50.3 Å². The molecule has 0 radical (unpaired) electrons. The number of carboxylic acid groups (broad SMARTS) is 1. The maximum atomic E-state index is 13.2. The summed E-state index contributed by atoms with van der Waals surface area (Å²) in [6.07, 6.45) is -88.0. The van der Waals surface area contributed by atoms with Gasteiger partial charge in [-0.25, -0.2) is 4.79 Å². The summed E-state index contributed by atoms with van der Waals surface area (Å²) in [6.45, 7) is -3.95. The summed E-state index contributed by atoms with van der Waals surface area (Å²) < 4.78 is 99.9. The predicted octanol–water partition coefficient (Wildman–Crippen LogP) is -19.8. The maximum absolute atomic E-state index is 13.2. The molecule has 46 atom stereocenters. The lowest BCUT2D eigenvalue weighted by atomic mass is 9.88. The summed E-state index contributed by atoms with van der Waals surface area (Å²) in [5.41, 5.74) is 0. The quantitative estimate of drug-likeness (QED) is 0.0306. The highest BCUT2D eigenvalue weighted by atomic mass is 16.8. The van der Waals surface area contributed by atoms with E-state index in [4.69, 9.17) is 80.5 Å². The molecule has 9 heterocycles. The Kier molecular flexibility index (Phi) is 34.2. The number of nitrogens with one attached hydrogen (secondary N) is 4. The van der Waals surface area contributed by atoms with E-state index in [9.17, 15) is 157 Å². The number of aliphatic hydroxyl groups excluding tert-OH is 25. The van der Waals surface area contributed by atoms with Gasteiger partial charge in [0, 0.05) is 34.1 Å². The molecule has 0 aromatic heterocycles. The number of ether oxygens (including phenoxy) is 17. The monoisotopic (exact) mass is 1710 g/mol. The summed E-state index contributed by atoms with van der Waals surface area (Å²) in [7, 11) is 0. The smallest absolute Gasteiger partial charge is 0.364 e. The zero-order valence-electron chi connectivity index (χ0n) is 63.0. The standard InChI is InChI=1S/C65H108N4O48/c1-15-33(82)42(91)45(94)59(103-15)102-14-28-51(39(88)30(56(98)104-28)67-17(3)77)111-57-31(68-18(4)78)40(89)49(25(11-74)108-57)112-61-47(96)53(38(87)27(110-61)13-101-60-46(95)43(92)35(84)22(8-71)105-60)114-63-55(44(93)36(85)23(9-72)107-63)115-58-32(69-19(5)79)41(90)50(26(12-75)109-58)113-62-48(97)54(37(86)24(10-73)106-62)117-65(64(99)100)6-20(80)29(66-16(2)76)52(116-65)34(83)21(81)7-70/h15,20-63,70-75,80-98H,6-14H2,1-5H3,(H,66,76)(H,67,77)(H,68,78)(H,69,79)(H,99,100)/t15-,20+,21-,22-,23-,24-,25-,26-,27-,28-,29-,30-,31-,32-,33+,34-,35-,36-,37+,38-,39-,40-,41-,42+,43+,44+,45-,46+,47+,48-,49-,50-,51-,52-,53+,54+,55+,56+,57-,58+,59+,60+,61+,62+,63-,65+/m1/s1. The summed E-state index contributed by atoms with van der Waals surface area (Å²) in [5, 5.41) is 298. The summed E-state index contributed by atoms with van der Waals surface area (Å²) >= 11 is 0. The lowest BCUT2D eigenvalue weighted by Crippen LogP contribution is -2.71. The average molecular weight is 1710 g/mol. The van der Waals surface area contributed by atoms with Gasteiger partial charge in [-0.1, -0.05) is 0 Å². The predicted molar refractivity (Wildman–Crippen MR) is 359 cm³/mol. The van der Waals surface area contributed by atoms with E-state index in [-0.39, 0.29) is 0 Å². The number of carboxylic acids is 1. The Hall–Kier alpha value is -4.33. The van der Waals surface area contributed by atoms with Gasteiger partial charge < -0.3 is 235 Å². The van der Waals surface area contributed by atoms with Gasteiger partial charge in [-0.15, -0.1) is 0 Å². The third kappa shape index (κ3) is 21.4. The minimum atomic E-state index is -3.30. The molecular weight excluding hydrogens is 1600 g/mol. The highest BCUT2D eigenvalue weighted by Gasteiger charge is 2.63. The van der Waals surface area contributed by atoms with Gasteiger partial charge >= 0.3 is 5.97 Å². The van der Waals surface area contributed by atoms with Crippen molar-refractivity contribution in [2.45, 2.75) is 323 Å². The van der Waals surface area contributed by atoms with E-state index >= 15 is 0 Å². The molecule has 0 spiro atoms. The Morgan fingerprint density at radius 2 is 0.744 bits per heavy atom. The fraction of sp³-hybridized carbons (Fsp3) is 0.923. The third-order valence-corrected chi connectivity index (χ3v) is 21.3. The molecule has 0 aromatic carbocycles. The van der Waals surface area contributed by atoms with Gasteiger partial charge in [-0.3, -0.25) is 19.2 Å². The number of hydrogen-bond donors (Lipinski definition) is 30. The van der Waals surface area contributed by atoms with Crippen molar-refractivity contribution in [3.8, 4) is 0 Å². The van der Waals surface area contributed by atoms with Gasteiger partial charge in [0.2, 0.25) is 23.6 Å². The zero-order valence-corrected chi connectivity index (χ0v) is 63.0. The molecule has 0 bridgehead atoms. The Bertz CT molecular complexity index is 3190. The van der Waals surface area contributed by atoms with Crippen molar-refractivity contribution in [3.63, 3.8) is 0 Å². The van der Waals surface area contributed by atoms with Crippen molar-refractivity contribution in [2.75, 3.05) is 52.9 Å². The van der Waals surface area contributed by atoms with Crippen molar-refractivity contribution in [1.29, 1.82) is 0 Å². The van der Waals surface area contributed by atoms with Crippen LogP contribution in [0, 0.1) is 0 Å². The molecule has 4 amide bonds. The van der Waals surface area contributed by atoms with Crippen LogP contribution in [-0.2, 0) is 104 Å². The molecule has 0 aliphatic carbocycles. The molecule has 9 rings (SSSR count). The van der Waals surface area contributed by atoms with Crippen LogP contribution >= 0.6 is 0 Å². The van der Waals surface area contributed by atoms with E-state index in [1.807, 2.05) is 0 Å². The van der Waals surface area contributed by atoms with Crippen molar-refractivity contribution < 1.29 is 237 Å². The van der Waals surface area contributed by atoms with E-state index in [1.165, 1.54) is 6.92 Å². The largest absolute Gasteiger partial charge is 0.477 e. The van der Waals surface area contributed by atoms with Gasteiger partial charge in [-0.2, -0.15) is 0 Å². The van der Waals surface area contributed by atoms with Crippen LogP contribution in [0.5, 0.6) is 0 Å². The highest BCUT2D eigenvalue weighted by molar-refractivity contribution is 5.77. The molecule has 9 aliphatic heterocycles. The first-order chi connectivity index (χ1) is 55.1. The van der Waals surface area contributed by atoms with Crippen LogP contribution in [0.4, 0.5) is 0 Å². The number of carbonyl (C=O) groups is 5. The number of hydrogen-bond acceptors (Lipinski definition) is 47. The first-order valence-electron chi connectivity index (χ1n) is 37.1. The number of amides is 4. The number of aliphatic hydroxyl groups is 25. The fourth-order valence-electron chi connectivity index (χ4n) is 15.0. The SMILES string of the molecule is CC(=O)N[C@@H]1[C@@H](O)[C@H](O[C@H]2O[C@H](CO)[C@@H](O[C@@H]3O[C@H](CO[C@H]4O[C@H](CO)[C@@H](O)[C@H](O)[C@@H]4O)[C@@H](O)[C@H](O[C@H]4O[C@H](CO)[C@@H](O)[C@H](O)[C@@H]4O[C@@H]4O[C@H](CO)[C@@H](O[C@@H]5O[C@H](CO)[C@H](O)[C@H](O[C@]6(C(=O)O)C[C@H](O)[C@@H](NC(C)=O)[C@H]([C@H](O)[C@H](O)CO)O6)[C@H]5O)[C@H](O)[C@H]4NC(C)=O)[C@@H]3O)[C@H](O)[C@H]2NC(C)=O)[C@@H](CO[C@H]2O[C@H](C)[C@H](O)[C@H](O)[C@H]2O)O[C@@H]1O. The molecule has 117 heavy (non-hydrogen) atoms. The molecule has 30 N–H and O–H groups in total. The second-order valence-electron chi connectivity index (χ2n) is 29.6. The van der Waals surface area contributed by atoms with Crippen LogP contribution < -0.4 is 21.3 Å². The molecule has 52 nitrogen and oxygen atoms in total. The van der Waals surface area contributed by atoms with Crippen molar-refractivity contribution >= 4 is 29.6 Å². The third-order valence-electron chi connectivity index (χ3n) is 21.3. The van der Waals surface area contributed by atoms with Gasteiger partial charge in [0.1, 0.15) is 207 Å². The molecule has 9 fully saturated rings. The van der Waals surface area contributed by atoms with Gasteiger partial charge in [0.25, 0.3) is 5.79 Å². The minimum absolute atomic E-state index is 0.829. The maximum Gasteiger partial charge on any atom is 0.364 e. The van der Waals surface area contributed by atoms with Crippen LogP contribution in [-0.4, -0.2) is 497 Å². The molecule has 0 unspecified atom stereocenters. The lowest BCUT2D eigenvalue weighted by molar-refractivity contribution is -0.400. The molecule has 52 heteroatoms. The Morgan fingerprint density at radius 1 is 0.368 bits per heavy atom. The first-order valence-corrected chi connectivity index (χ1v) is 37.1. The lowest BCUT2D eigenvalue weighted by Gasteiger charge is -2.51. The van der Waals surface area contributed by atoms with E-state index in [2.05, 4.69) is 21.3 Å². The Balaban J connectivity index is 1.00. The van der Waals surface area contributed by atoms with E-state index < -0.39 is 371 Å². The second-order valence-corrected chi connectivity index (χ2v) is 29.6. The van der Waals surface area contributed by atoms with E-state index in [1.54, 1.807) is 0 Å². The Labute approximate surface area is 662 Å². The summed E-state index contributed by atoms with van der Waals surface area (Å²) in [4.78, 5) is 64.1. The molecule has 0 saturated carbocycles. The van der Waals surface area contributed by atoms with Gasteiger partial charge in [0.05, 0.1) is 71.1 Å².